The third kappa shape index (κ3) is 2.87. The molecule has 0 amide bonds. The van der Waals surface area contributed by atoms with Crippen molar-refractivity contribution in [1.29, 1.82) is 0 Å². The fraction of sp³-hybridized carbons (Fsp3) is 0.250. The summed E-state index contributed by atoms with van der Waals surface area (Å²) in [5.74, 6) is 0.334. The average Bonchev–Trinajstić information content (AvgIpc) is 2.16. The first-order chi connectivity index (χ1) is 6.97. The number of benzene rings is 1. The molecule has 0 aliphatic rings. The van der Waals surface area contributed by atoms with E-state index in [1.165, 1.54) is 25.3 Å². The Hall–Kier alpha value is -1.72. The van der Waals surface area contributed by atoms with E-state index in [0.29, 0.717) is 5.75 Å². The summed E-state index contributed by atoms with van der Waals surface area (Å²) in [6.45, 7) is 0. The normalized spacial score (nSPS) is 10.5. The Morgan fingerprint density at radius 2 is 2.07 bits per heavy atom. The smallest absolute Gasteiger partial charge is 0.175 e. The number of sulfone groups is 1. The molecule has 0 aliphatic carbocycles. The number of hydrogen-bond donors (Lipinski definition) is 0. The molecule has 0 spiro atoms. The number of methoxy groups -OCH3 is 1. The Balaban J connectivity index is 3.42. The molecule has 15 heavy (non-hydrogen) atoms. The maximum atomic E-state index is 11.3. The van der Waals surface area contributed by atoms with Gasteiger partial charge in [0.2, 0.25) is 0 Å². The SMILES string of the molecule is COc1cc(N=[N+]=[N-])cc(S(C)(=O)=O)c1. The third-order valence-electron chi connectivity index (χ3n) is 1.69. The van der Waals surface area contributed by atoms with Gasteiger partial charge in [-0.25, -0.2) is 8.42 Å². The predicted octanol–water partition coefficient (Wildman–Crippen LogP) is 2.04. The Labute approximate surface area is 87.0 Å². The zero-order valence-corrected chi connectivity index (χ0v) is 9.02. The molecule has 1 aromatic rings. The first-order valence-corrected chi connectivity index (χ1v) is 5.81. The Kier molecular flexibility index (Phi) is 3.18. The van der Waals surface area contributed by atoms with Gasteiger partial charge in [-0.15, -0.1) is 0 Å². The molecule has 0 N–H and O–H groups in total. The Bertz CT molecular complexity index is 518. The fourth-order valence-electron chi connectivity index (χ4n) is 0.998. The van der Waals surface area contributed by atoms with Crippen molar-refractivity contribution >= 4 is 15.5 Å². The second-order valence-electron chi connectivity index (χ2n) is 2.83. The van der Waals surface area contributed by atoms with E-state index in [2.05, 4.69) is 10.0 Å². The van der Waals surface area contributed by atoms with Crippen LogP contribution in [-0.4, -0.2) is 21.8 Å². The highest BCUT2D eigenvalue weighted by atomic mass is 32.2. The zero-order chi connectivity index (χ0) is 11.5. The molecule has 0 radical (unpaired) electrons. The lowest BCUT2D eigenvalue weighted by atomic mass is 10.3. The zero-order valence-electron chi connectivity index (χ0n) is 8.21. The maximum Gasteiger partial charge on any atom is 0.175 e. The summed E-state index contributed by atoms with van der Waals surface area (Å²) in [7, 11) is -1.94. The number of ether oxygens (including phenoxy) is 1. The maximum absolute atomic E-state index is 11.3. The van der Waals surface area contributed by atoms with Crippen LogP contribution in [0.25, 0.3) is 10.4 Å². The van der Waals surface area contributed by atoms with Gasteiger partial charge in [-0.1, -0.05) is 5.11 Å². The summed E-state index contributed by atoms with van der Waals surface area (Å²) in [4.78, 5) is 2.64. The van der Waals surface area contributed by atoms with Gasteiger partial charge in [0.1, 0.15) is 5.75 Å². The fourth-order valence-corrected chi connectivity index (χ4v) is 1.66. The summed E-state index contributed by atoms with van der Waals surface area (Å²) in [6.07, 6.45) is 1.07. The summed E-state index contributed by atoms with van der Waals surface area (Å²) in [6, 6.07) is 4.11. The van der Waals surface area contributed by atoms with Crippen molar-refractivity contribution in [2.45, 2.75) is 4.90 Å². The number of rotatable bonds is 3. The Morgan fingerprint density at radius 1 is 1.40 bits per heavy atom. The Morgan fingerprint density at radius 3 is 2.53 bits per heavy atom. The van der Waals surface area contributed by atoms with Gasteiger partial charge in [-0.05, 0) is 23.7 Å². The van der Waals surface area contributed by atoms with Gasteiger partial charge in [0.15, 0.2) is 9.84 Å². The molecule has 6 nitrogen and oxygen atoms in total. The molecule has 1 rings (SSSR count). The van der Waals surface area contributed by atoms with Gasteiger partial charge in [-0.2, -0.15) is 0 Å². The molecule has 1 aromatic carbocycles. The summed E-state index contributed by atoms with van der Waals surface area (Å²) in [5.41, 5.74) is 8.45. The summed E-state index contributed by atoms with van der Waals surface area (Å²) >= 11 is 0. The minimum Gasteiger partial charge on any atom is -0.497 e. The van der Waals surface area contributed by atoms with Crippen molar-refractivity contribution in [3.05, 3.63) is 28.6 Å². The van der Waals surface area contributed by atoms with E-state index < -0.39 is 9.84 Å². The van der Waals surface area contributed by atoms with Crippen molar-refractivity contribution in [3.8, 4) is 5.75 Å². The van der Waals surface area contributed by atoms with E-state index in [9.17, 15) is 8.42 Å². The van der Waals surface area contributed by atoms with Crippen LogP contribution in [0, 0.1) is 0 Å². The van der Waals surface area contributed by atoms with Crippen LogP contribution in [0.2, 0.25) is 0 Å². The lowest BCUT2D eigenvalue weighted by Gasteiger charge is -2.04. The van der Waals surface area contributed by atoms with Crippen LogP contribution >= 0.6 is 0 Å². The molecule has 0 aliphatic heterocycles. The van der Waals surface area contributed by atoms with Crippen LogP contribution in [0.3, 0.4) is 0 Å². The van der Waals surface area contributed by atoms with Crippen LogP contribution in [0.5, 0.6) is 5.75 Å². The van der Waals surface area contributed by atoms with Crippen LogP contribution in [0.4, 0.5) is 5.69 Å². The van der Waals surface area contributed by atoms with Gasteiger partial charge in [0, 0.05) is 16.9 Å². The molecule has 0 fully saturated rings. The average molecular weight is 227 g/mol. The number of nitrogens with zero attached hydrogens (tertiary/aromatic N) is 3. The summed E-state index contributed by atoms with van der Waals surface area (Å²) < 4.78 is 27.4. The van der Waals surface area contributed by atoms with Crippen molar-refractivity contribution in [1.82, 2.24) is 0 Å². The third-order valence-corrected chi connectivity index (χ3v) is 2.78. The van der Waals surface area contributed by atoms with Gasteiger partial charge in [0.25, 0.3) is 0 Å². The number of hydrogen-bond acceptors (Lipinski definition) is 4. The van der Waals surface area contributed by atoms with E-state index in [1.54, 1.807) is 0 Å². The molecule has 80 valence electrons. The summed E-state index contributed by atoms with van der Waals surface area (Å²) in [5, 5.41) is 3.33. The molecule has 7 heteroatoms. The van der Waals surface area contributed by atoms with Crippen LogP contribution in [0.15, 0.2) is 28.2 Å². The first-order valence-electron chi connectivity index (χ1n) is 3.91. The molecule has 0 atom stereocenters. The van der Waals surface area contributed by atoms with E-state index in [4.69, 9.17) is 10.3 Å². The van der Waals surface area contributed by atoms with Gasteiger partial charge < -0.3 is 4.74 Å². The minimum absolute atomic E-state index is 0.0595. The highest BCUT2D eigenvalue weighted by Gasteiger charge is 2.09. The highest BCUT2D eigenvalue weighted by molar-refractivity contribution is 7.90. The predicted molar refractivity (Wildman–Crippen MR) is 54.9 cm³/mol. The second-order valence-corrected chi connectivity index (χ2v) is 4.84. The molecule has 0 saturated heterocycles. The van der Waals surface area contributed by atoms with Crippen LogP contribution < -0.4 is 4.74 Å². The monoisotopic (exact) mass is 227 g/mol. The van der Waals surface area contributed by atoms with Crippen molar-refractivity contribution < 1.29 is 13.2 Å². The van der Waals surface area contributed by atoms with Crippen molar-refractivity contribution in [2.24, 2.45) is 5.11 Å². The van der Waals surface area contributed by atoms with Crippen LogP contribution in [-0.2, 0) is 9.84 Å². The minimum atomic E-state index is -3.34. The number of azide groups is 1. The molecular formula is C8H9N3O3S. The topological polar surface area (TPSA) is 92.1 Å². The van der Waals surface area contributed by atoms with Crippen molar-refractivity contribution in [3.63, 3.8) is 0 Å². The van der Waals surface area contributed by atoms with E-state index >= 15 is 0 Å². The molecular weight excluding hydrogens is 218 g/mol. The lowest BCUT2D eigenvalue weighted by molar-refractivity contribution is 0.413. The molecule has 0 unspecified atom stereocenters. The van der Waals surface area contributed by atoms with Crippen LogP contribution in [0.1, 0.15) is 0 Å². The van der Waals surface area contributed by atoms with E-state index in [0.717, 1.165) is 6.26 Å². The second kappa shape index (κ2) is 4.20. The lowest BCUT2D eigenvalue weighted by Crippen LogP contribution is -1.97. The van der Waals surface area contributed by atoms with Crippen molar-refractivity contribution in [2.75, 3.05) is 13.4 Å². The highest BCUT2D eigenvalue weighted by Crippen LogP contribution is 2.25. The molecule has 0 bridgehead atoms. The van der Waals surface area contributed by atoms with Gasteiger partial charge in [-0.3, -0.25) is 0 Å². The molecule has 0 heterocycles. The molecule has 0 aromatic heterocycles. The molecule has 0 saturated carbocycles. The van der Waals surface area contributed by atoms with E-state index in [-0.39, 0.29) is 10.6 Å². The van der Waals surface area contributed by atoms with E-state index in [1.807, 2.05) is 0 Å². The van der Waals surface area contributed by atoms with Gasteiger partial charge >= 0.3 is 0 Å². The first kappa shape index (κ1) is 11.4. The quantitative estimate of drug-likeness (QED) is 0.449. The standard InChI is InChI=1S/C8H9N3O3S/c1-14-7-3-6(10-11-9)4-8(5-7)15(2,12)13/h3-5H,1-2H3. The van der Waals surface area contributed by atoms with Gasteiger partial charge in [0.05, 0.1) is 12.0 Å². The largest absolute Gasteiger partial charge is 0.497 e.